The van der Waals surface area contributed by atoms with Crippen molar-refractivity contribution in [3.05, 3.63) is 82.7 Å². The minimum Gasteiger partial charge on any atom is -0.497 e. The van der Waals surface area contributed by atoms with Crippen molar-refractivity contribution in [3.8, 4) is 11.4 Å². The van der Waals surface area contributed by atoms with E-state index in [0.717, 1.165) is 47.5 Å². The minimum atomic E-state index is -0.0837. The van der Waals surface area contributed by atoms with Gasteiger partial charge in [-0.1, -0.05) is 24.3 Å². The van der Waals surface area contributed by atoms with E-state index in [2.05, 4.69) is 23.5 Å². The molecule has 0 spiro atoms. The number of hydrogen-bond donors (Lipinski definition) is 1. The van der Waals surface area contributed by atoms with Gasteiger partial charge in [0.15, 0.2) is 5.65 Å². The largest absolute Gasteiger partial charge is 0.497 e. The molecule has 0 saturated heterocycles. The molecule has 1 aliphatic carbocycles. The standard InChI is InChI=1S/C26H26N4O2/c1-16-15-22(26(31)28-23-10-6-8-18-7-4-5-9-21(18)23)24-17(2)29-30(25(24)27-16)19-11-13-20(32-3)14-12-19/h4-5,7,9,11-15,23H,6,8,10H2,1-3H3,(H,28,31)/t23-/m1/s1. The molecule has 5 rings (SSSR count). The highest BCUT2D eigenvalue weighted by Crippen LogP contribution is 2.31. The topological polar surface area (TPSA) is 69.0 Å². The fraction of sp³-hybridized carbons (Fsp3) is 0.269. The molecule has 1 N–H and O–H groups in total. The summed E-state index contributed by atoms with van der Waals surface area (Å²) >= 11 is 0. The van der Waals surface area contributed by atoms with Gasteiger partial charge in [0, 0.05) is 5.69 Å². The molecule has 6 nitrogen and oxygen atoms in total. The first kappa shape index (κ1) is 20.2. The number of rotatable bonds is 4. The van der Waals surface area contributed by atoms with Crippen molar-refractivity contribution >= 4 is 16.9 Å². The molecule has 1 amide bonds. The number of hydrogen-bond acceptors (Lipinski definition) is 4. The number of benzene rings is 2. The number of aryl methyl sites for hydroxylation is 3. The van der Waals surface area contributed by atoms with Crippen LogP contribution in [0.15, 0.2) is 54.6 Å². The number of nitrogens with zero attached hydrogens (tertiary/aromatic N) is 3. The Labute approximate surface area is 187 Å². The maximum Gasteiger partial charge on any atom is 0.252 e. The Morgan fingerprint density at radius 1 is 1.12 bits per heavy atom. The molecule has 0 saturated carbocycles. The SMILES string of the molecule is COc1ccc(-n2nc(C)c3c(C(=O)N[C@@H]4CCCc5ccccc54)cc(C)nc32)cc1. The fourth-order valence-electron chi connectivity index (χ4n) is 4.64. The number of carbonyl (C=O) groups is 1. The number of carbonyl (C=O) groups excluding carboxylic acids is 1. The Bertz CT molecular complexity index is 1310. The first-order chi connectivity index (χ1) is 15.5. The van der Waals surface area contributed by atoms with Crippen LogP contribution in [0.2, 0.25) is 0 Å². The van der Waals surface area contributed by atoms with Crippen LogP contribution >= 0.6 is 0 Å². The van der Waals surface area contributed by atoms with Crippen LogP contribution in [0.25, 0.3) is 16.7 Å². The van der Waals surface area contributed by atoms with Gasteiger partial charge < -0.3 is 10.1 Å². The van der Waals surface area contributed by atoms with Crippen LogP contribution < -0.4 is 10.1 Å². The number of pyridine rings is 1. The number of methoxy groups -OCH3 is 1. The summed E-state index contributed by atoms with van der Waals surface area (Å²) in [6.07, 6.45) is 3.08. The molecule has 0 unspecified atom stereocenters. The van der Waals surface area contributed by atoms with Gasteiger partial charge in [0.1, 0.15) is 5.75 Å². The van der Waals surface area contributed by atoms with Crippen LogP contribution in [0, 0.1) is 13.8 Å². The van der Waals surface area contributed by atoms with Crippen LogP contribution in [-0.2, 0) is 6.42 Å². The molecule has 32 heavy (non-hydrogen) atoms. The molecule has 1 aliphatic rings. The molecular formula is C26H26N4O2. The lowest BCUT2D eigenvalue weighted by Crippen LogP contribution is -2.31. The van der Waals surface area contributed by atoms with Gasteiger partial charge in [0.05, 0.1) is 35.5 Å². The van der Waals surface area contributed by atoms with E-state index < -0.39 is 0 Å². The van der Waals surface area contributed by atoms with Crippen molar-refractivity contribution in [1.29, 1.82) is 0 Å². The normalized spacial score (nSPS) is 15.4. The van der Waals surface area contributed by atoms with E-state index in [1.807, 2.05) is 50.2 Å². The Hall–Kier alpha value is -3.67. The lowest BCUT2D eigenvalue weighted by atomic mass is 9.87. The van der Waals surface area contributed by atoms with Crippen molar-refractivity contribution < 1.29 is 9.53 Å². The smallest absolute Gasteiger partial charge is 0.252 e. The molecule has 162 valence electrons. The number of nitrogens with one attached hydrogen (secondary N) is 1. The van der Waals surface area contributed by atoms with E-state index in [1.54, 1.807) is 11.8 Å². The Morgan fingerprint density at radius 2 is 1.91 bits per heavy atom. The van der Waals surface area contributed by atoms with E-state index in [0.29, 0.717) is 11.2 Å². The second-order valence-electron chi connectivity index (χ2n) is 8.32. The van der Waals surface area contributed by atoms with E-state index in [1.165, 1.54) is 11.1 Å². The number of fused-ring (bicyclic) bond motifs is 2. The van der Waals surface area contributed by atoms with Crippen molar-refractivity contribution in [3.63, 3.8) is 0 Å². The molecule has 0 aliphatic heterocycles. The number of amides is 1. The second kappa shape index (κ2) is 8.11. The van der Waals surface area contributed by atoms with Gasteiger partial charge in [0.25, 0.3) is 5.91 Å². The molecule has 2 aromatic heterocycles. The summed E-state index contributed by atoms with van der Waals surface area (Å²) < 4.78 is 7.06. The Balaban J connectivity index is 1.55. The monoisotopic (exact) mass is 426 g/mol. The van der Waals surface area contributed by atoms with E-state index in [9.17, 15) is 4.79 Å². The molecule has 6 heteroatoms. The fourth-order valence-corrected chi connectivity index (χ4v) is 4.64. The van der Waals surface area contributed by atoms with Gasteiger partial charge in [-0.15, -0.1) is 0 Å². The highest BCUT2D eigenvalue weighted by molar-refractivity contribution is 6.07. The zero-order valence-corrected chi connectivity index (χ0v) is 18.6. The van der Waals surface area contributed by atoms with Gasteiger partial charge in [-0.25, -0.2) is 9.67 Å². The highest BCUT2D eigenvalue weighted by atomic mass is 16.5. The maximum absolute atomic E-state index is 13.5. The van der Waals surface area contributed by atoms with Crippen LogP contribution in [0.1, 0.15) is 51.8 Å². The molecule has 1 atom stereocenters. The molecule has 0 bridgehead atoms. The van der Waals surface area contributed by atoms with Gasteiger partial charge in [-0.05, 0) is 74.6 Å². The van der Waals surface area contributed by atoms with Gasteiger partial charge >= 0.3 is 0 Å². The molecule has 0 fully saturated rings. The first-order valence-corrected chi connectivity index (χ1v) is 10.9. The summed E-state index contributed by atoms with van der Waals surface area (Å²) in [7, 11) is 1.64. The molecule has 2 aromatic carbocycles. The van der Waals surface area contributed by atoms with E-state index >= 15 is 0 Å². The average Bonchev–Trinajstić information content (AvgIpc) is 3.14. The summed E-state index contributed by atoms with van der Waals surface area (Å²) in [4.78, 5) is 18.2. The Morgan fingerprint density at radius 3 is 2.69 bits per heavy atom. The Kier molecular flexibility index (Phi) is 5.13. The lowest BCUT2D eigenvalue weighted by Gasteiger charge is -2.26. The van der Waals surface area contributed by atoms with Crippen molar-refractivity contribution in [2.75, 3.05) is 7.11 Å². The maximum atomic E-state index is 13.5. The molecule has 4 aromatic rings. The van der Waals surface area contributed by atoms with E-state index in [-0.39, 0.29) is 11.9 Å². The molecule has 0 radical (unpaired) electrons. The zero-order valence-electron chi connectivity index (χ0n) is 18.6. The second-order valence-corrected chi connectivity index (χ2v) is 8.32. The predicted molar refractivity (Wildman–Crippen MR) is 124 cm³/mol. The zero-order chi connectivity index (χ0) is 22.2. The summed E-state index contributed by atoms with van der Waals surface area (Å²) in [5, 5.41) is 8.78. The third-order valence-corrected chi connectivity index (χ3v) is 6.18. The lowest BCUT2D eigenvalue weighted by molar-refractivity contribution is 0.0934. The van der Waals surface area contributed by atoms with Crippen LogP contribution in [0.5, 0.6) is 5.75 Å². The van der Waals surface area contributed by atoms with Crippen molar-refractivity contribution in [2.45, 2.75) is 39.2 Å². The minimum absolute atomic E-state index is 0.0212. The molecular weight excluding hydrogens is 400 g/mol. The van der Waals surface area contributed by atoms with E-state index in [4.69, 9.17) is 14.8 Å². The van der Waals surface area contributed by atoms with Gasteiger partial charge in [-0.3, -0.25) is 4.79 Å². The first-order valence-electron chi connectivity index (χ1n) is 10.9. The highest BCUT2D eigenvalue weighted by Gasteiger charge is 2.25. The third-order valence-electron chi connectivity index (χ3n) is 6.18. The van der Waals surface area contributed by atoms with Crippen LogP contribution in [0.4, 0.5) is 0 Å². The number of ether oxygens (including phenoxy) is 1. The average molecular weight is 427 g/mol. The summed E-state index contributed by atoms with van der Waals surface area (Å²) in [5.41, 5.74) is 6.27. The summed E-state index contributed by atoms with van der Waals surface area (Å²) in [6.45, 7) is 3.83. The van der Waals surface area contributed by atoms with Crippen molar-refractivity contribution in [2.24, 2.45) is 0 Å². The van der Waals surface area contributed by atoms with Crippen molar-refractivity contribution in [1.82, 2.24) is 20.1 Å². The predicted octanol–water partition coefficient (Wildman–Crippen LogP) is 4.85. The van der Waals surface area contributed by atoms with Crippen LogP contribution in [-0.4, -0.2) is 27.8 Å². The van der Waals surface area contributed by atoms with Gasteiger partial charge in [-0.2, -0.15) is 5.10 Å². The molecule has 2 heterocycles. The summed E-state index contributed by atoms with van der Waals surface area (Å²) in [6, 6.07) is 17.9. The third kappa shape index (κ3) is 3.51. The number of aromatic nitrogens is 3. The summed E-state index contributed by atoms with van der Waals surface area (Å²) in [5.74, 6) is 0.693. The van der Waals surface area contributed by atoms with Crippen LogP contribution in [0.3, 0.4) is 0 Å². The van der Waals surface area contributed by atoms with Gasteiger partial charge in [0.2, 0.25) is 0 Å². The quantitative estimate of drug-likeness (QED) is 0.506.